The van der Waals surface area contributed by atoms with Gasteiger partial charge in [0.05, 0.1) is 25.4 Å². The van der Waals surface area contributed by atoms with E-state index < -0.39 is 12.1 Å². The average molecular weight is 941 g/mol. The molecule has 2 atom stereocenters. The van der Waals surface area contributed by atoms with Crippen molar-refractivity contribution in [2.24, 2.45) is 0 Å². The largest absolute Gasteiger partial charge is 0.466 e. The predicted octanol–water partition coefficient (Wildman–Crippen LogP) is 18.2. The minimum atomic E-state index is -0.851. The Kier molecular flexibility index (Phi) is 54.6. The zero-order chi connectivity index (χ0) is 48.6. The van der Waals surface area contributed by atoms with Crippen molar-refractivity contribution in [3.05, 3.63) is 48.6 Å². The van der Waals surface area contributed by atoms with Gasteiger partial charge >= 0.3 is 5.97 Å². The average Bonchev–Trinajstić information content (AvgIpc) is 3.33. The Hall–Kier alpha value is -2.18. The van der Waals surface area contributed by atoms with E-state index in [1.54, 1.807) is 6.08 Å². The lowest BCUT2D eigenvalue weighted by atomic mass is 10.0. The summed E-state index contributed by atoms with van der Waals surface area (Å²) < 4.78 is 5.46. The number of carbonyl (C=O) groups excluding carboxylic acids is 2. The normalized spacial score (nSPS) is 13.0. The number of hydrogen-bond donors (Lipinski definition) is 3. The van der Waals surface area contributed by atoms with E-state index in [0.717, 1.165) is 64.2 Å². The Morgan fingerprint density at radius 2 is 0.746 bits per heavy atom. The van der Waals surface area contributed by atoms with Gasteiger partial charge in [-0.05, 0) is 89.9 Å². The van der Waals surface area contributed by atoms with Crippen LogP contribution >= 0.6 is 0 Å². The molecule has 0 fully saturated rings. The van der Waals surface area contributed by atoms with Gasteiger partial charge in [-0.3, -0.25) is 9.59 Å². The molecule has 1 amide bonds. The molecule has 0 bridgehead atoms. The van der Waals surface area contributed by atoms with Crippen LogP contribution in [-0.4, -0.2) is 47.4 Å². The van der Waals surface area contributed by atoms with Gasteiger partial charge in [-0.1, -0.05) is 249 Å². The van der Waals surface area contributed by atoms with E-state index >= 15 is 0 Å². The number of ether oxygens (including phenoxy) is 1. The van der Waals surface area contributed by atoms with Crippen molar-refractivity contribution in [2.75, 3.05) is 13.2 Å². The summed E-state index contributed by atoms with van der Waals surface area (Å²) >= 11 is 0. The molecule has 0 aromatic carbocycles. The highest BCUT2D eigenvalue weighted by Gasteiger charge is 2.18. The molecule has 0 heterocycles. The van der Waals surface area contributed by atoms with E-state index in [1.165, 1.54) is 212 Å². The molecule has 67 heavy (non-hydrogen) atoms. The van der Waals surface area contributed by atoms with Crippen molar-refractivity contribution >= 4 is 11.9 Å². The van der Waals surface area contributed by atoms with E-state index in [1.807, 2.05) is 6.08 Å². The summed E-state index contributed by atoms with van der Waals surface area (Å²) in [4.78, 5) is 24.4. The lowest BCUT2D eigenvalue weighted by molar-refractivity contribution is -0.143. The smallest absolute Gasteiger partial charge is 0.305 e. The fraction of sp³-hybridized carbons (Fsp3) is 0.836. The van der Waals surface area contributed by atoms with Crippen LogP contribution in [0.2, 0.25) is 0 Å². The quantitative estimate of drug-likeness (QED) is 0.0321. The number of allylic oxidation sites excluding steroid dienone is 7. The second-order valence-electron chi connectivity index (χ2n) is 20.0. The molecule has 0 saturated carbocycles. The van der Waals surface area contributed by atoms with Crippen molar-refractivity contribution in [3.8, 4) is 0 Å². The predicted molar refractivity (Wildman–Crippen MR) is 292 cm³/mol. The molecule has 0 aliphatic rings. The molecule has 0 aliphatic carbocycles. The highest BCUT2D eigenvalue weighted by Crippen LogP contribution is 2.16. The van der Waals surface area contributed by atoms with Crippen molar-refractivity contribution < 1.29 is 24.5 Å². The van der Waals surface area contributed by atoms with Crippen LogP contribution in [0.3, 0.4) is 0 Å². The third-order valence-electron chi connectivity index (χ3n) is 13.3. The summed E-state index contributed by atoms with van der Waals surface area (Å²) in [7, 11) is 0. The maximum Gasteiger partial charge on any atom is 0.305 e. The molecule has 0 aromatic heterocycles. The maximum atomic E-state index is 12.4. The minimum absolute atomic E-state index is 0.00415. The molecule has 2 unspecified atom stereocenters. The fourth-order valence-corrected chi connectivity index (χ4v) is 8.78. The summed E-state index contributed by atoms with van der Waals surface area (Å²) in [5.74, 6) is -0.0826. The van der Waals surface area contributed by atoms with Crippen LogP contribution in [-0.2, 0) is 14.3 Å². The van der Waals surface area contributed by atoms with Crippen LogP contribution in [0.4, 0.5) is 0 Å². The van der Waals surface area contributed by atoms with Gasteiger partial charge in [0, 0.05) is 12.8 Å². The number of hydrogen-bond acceptors (Lipinski definition) is 5. The monoisotopic (exact) mass is 940 g/mol. The first-order valence-corrected chi connectivity index (χ1v) is 29.4. The molecule has 0 aromatic rings. The van der Waals surface area contributed by atoms with E-state index in [-0.39, 0.29) is 18.5 Å². The van der Waals surface area contributed by atoms with Crippen LogP contribution in [0.15, 0.2) is 48.6 Å². The van der Waals surface area contributed by atoms with Crippen molar-refractivity contribution in [3.63, 3.8) is 0 Å². The fourth-order valence-electron chi connectivity index (χ4n) is 8.78. The van der Waals surface area contributed by atoms with Gasteiger partial charge in [0.25, 0.3) is 0 Å². The molecule has 0 radical (unpaired) electrons. The summed E-state index contributed by atoms with van der Waals surface area (Å²) in [5, 5.41) is 23.1. The van der Waals surface area contributed by atoms with E-state index in [2.05, 4.69) is 55.6 Å². The molecule has 0 aliphatic heterocycles. The highest BCUT2D eigenvalue weighted by molar-refractivity contribution is 5.76. The lowest BCUT2D eigenvalue weighted by Gasteiger charge is -2.20. The number of aliphatic hydroxyl groups excluding tert-OH is 2. The van der Waals surface area contributed by atoms with Crippen molar-refractivity contribution in [1.29, 1.82) is 0 Å². The lowest BCUT2D eigenvalue weighted by Crippen LogP contribution is -2.45. The minimum Gasteiger partial charge on any atom is -0.466 e. The van der Waals surface area contributed by atoms with E-state index in [4.69, 9.17) is 4.74 Å². The van der Waals surface area contributed by atoms with Crippen LogP contribution in [0.25, 0.3) is 0 Å². The molecular weight excluding hydrogens is 827 g/mol. The molecule has 3 N–H and O–H groups in total. The molecule has 0 rings (SSSR count). The first-order chi connectivity index (χ1) is 33.0. The first kappa shape index (κ1) is 64.8. The summed E-state index contributed by atoms with van der Waals surface area (Å²) in [6.45, 7) is 4.87. The second-order valence-corrected chi connectivity index (χ2v) is 20.0. The topological polar surface area (TPSA) is 95.9 Å². The van der Waals surface area contributed by atoms with Gasteiger partial charge in [-0.15, -0.1) is 0 Å². The van der Waals surface area contributed by atoms with Gasteiger partial charge in [0.1, 0.15) is 0 Å². The Morgan fingerprint density at radius 1 is 0.418 bits per heavy atom. The molecule has 6 nitrogen and oxygen atoms in total. The zero-order valence-corrected chi connectivity index (χ0v) is 44.6. The Balaban J connectivity index is 3.49. The third kappa shape index (κ3) is 53.0. The Labute approximate surface area is 416 Å². The van der Waals surface area contributed by atoms with Crippen molar-refractivity contribution in [1.82, 2.24) is 5.32 Å². The van der Waals surface area contributed by atoms with Crippen LogP contribution in [0.5, 0.6) is 0 Å². The Bertz CT molecular complexity index is 1130. The first-order valence-electron chi connectivity index (χ1n) is 29.4. The SMILES string of the molecule is CCCCC/C=C\CCCCCCCC(=O)OCCCCCCCCCCC/C=C\C/C=C\CCCCCCCCCC(=O)NC(CO)C(O)/C=C/CCCCCCCCCCCCCCC. The van der Waals surface area contributed by atoms with Crippen LogP contribution in [0.1, 0.15) is 303 Å². The molecule has 6 heteroatoms. The second kappa shape index (κ2) is 56.4. The number of aliphatic hydroxyl groups is 2. The van der Waals surface area contributed by atoms with E-state index in [9.17, 15) is 19.8 Å². The zero-order valence-electron chi connectivity index (χ0n) is 44.6. The Morgan fingerprint density at radius 3 is 1.18 bits per heavy atom. The molecular formula is C61H113NO5. The van der Waals surface area contributed by atoms with Crippen molar-refractivity contribution in [2.45, 2.75) is 315 Å². The van der Waals surface area contributed by atoms with Gasteiger partial charge in [0.2, 0.25) is 5.91 Å². The number of esters is 1. The molecule has 0 saturated heterocycles. The number of nitrogens with one attached hydrogen (secondary N) is 1. The number of carbonyl (C=O) groups is 2. The van der Waals surface area contributed by atoms with E-state index in [0.29, 0.717) is 19.4 Å². The molecule has 0 spiro atoms. The van der Waals surface area contributed by atoms with Crippen LogP contribution < -0.4 is 5.32 Å². The summed E-state index contributed by atoms with van der Waals surface area (Å²) in [6.07, 6.45) is 71.4. The standard InChI is InChI=1S/C61H113NO5/c1-3-5-7-9-11-13-15-17-27-30-33-37-41-45-49-53-59(64)58(57-63)62-60(65)54-50-46-42-38-34-31-28-25-23-21-19-18-20-22-24-26-29-32-36-40-44-48-52-56-67-61(66)55-51-47-43-39-35-16-14-12-10-8-6-4-2/h12,14,18,20-21,23,49,53,58-59,63-64H,3-11,13,15-17,19,22,24-48,50-52,54-57H2,1-2H3,(H,62,65)/b14-12-,20-18-,23-21-,53-49+. The third-order valence-corrected chi connectivity index (χ3v) is 13.3. The number of amides is 1. The summed E-state index contributed by atoms with van der Waals surface area (Å²) in [6, 6.07) is -0.636. The van der Waals surface area contributed by atoms with Gasteiger partial charge in [-0.25, -0.2) is 0 Å². The highest BCUT2D eigenvalue weighted by atomic mass is 16.5. The maximum absolute atomic E-state index is 12.4. The van der Waals surface area contributed by atoms with Crippen LogP contribution in [0, 0.1) is 0 Å². The molecule has 392 valence electrons. The van der Waals surface area contributed by atoms with Gasteiger partial charge in [-0.2, -0.15) is 0 Å². The van der Waals surface area contributed by atoms with Gasteiger partial charge < -0.3 is 20.3 Å². The number of rotatable bonds is 54. The van der Waals surface area contributed by atoms with Gasteiger partial charge in [0.15, 0.2) is 0 Å². The number of unbranched alkanes of at least 4 members (excludes halogenated alkanes) is 37. The summed E-state index contributed by atoms with van der Waals surface area (Å²) in [5.41, 5.74) is 0.